The fourth-order valence-corrected chi connectivity index (χ4v) is 7.02. The number of carbonyl (C=O) groups excluding carboxylic acids is 1. The number of likely N-dealkylation sites (N-methyl/N-ethyl adjacent to an activating group) is 1. The molecule has 0 bridgehead atoms. The lowest BCUT2D eigenvalue weighted by atomic mass is 9.90. The smallest absolute Gasteiger partial charge is 0.315 e. The number of fused-ring (bicyclic) bond motifs is 1. The molecule has 0 unspecified atom stereocenters. The minimum atomic E-state index is -0.459. The zero-order chi connectivity index (χ0) is 33.0. The fraction of sp³-hybridized carbons (Fsp3) is 0.351. The lowest BCUT2D eigenvalue weighted by Crippen LogP contribution is -2.49. The number of nitrogens with two attached hydrogens (primary N) is 2. The maximum absolute atomic E-state index is 12.1. The molecule has 1 saturated carbocycles. The molecule has 0 atom stereocenters. The molecule has 2 fully saturated rings. The maximum Gasteiger partial charge on any atom is 0.315 e. The summed E-state index contributed by atoms with van der Waals surface area (Å²) in [6, 6.07) is 25.8. The summed E-state index contributed by atoms with van der Waals surface area (Å²) < 4.78 is 8.25. The Morgan fingerprint density at radius 2 is 1.42 bits per heavy atom. The van der Waals surface area contributed by atoms with Crippen molar-refractivity contribution >= 4 is 22.9 Å². The van der Waals surface area contributed by atoms with E-state index in [1.165, 1.54) is 6.33 Å². The molecule has 0 spiro atoms. The number of nitrogen functional groups attached to an aromatic ring is 1. The van der Waals surface area contributed by atoms with E-state index in [2.05, 4.69) is 31.5 Å². The zero-order valence-electron chi connectivity index (χ0n) is 27.4. The van der Waals surface area contributed by atoms with Crippen LogP contribution in [0.15, 0.2) is 85.2 Å². The zero-order valence-corrected chi connectivity index (χ0v) is 27.4. The highest BCUT2D eigenvalue weighted by atomic mass is 16.5. The number of benzene rings is 3. The molecule has 3 heterocycles. The van der Waals surface area contributed by atoms with Crippen LogP contribution in [0.25, 0.3) is 22.3 Å². The van der Waals surface area contributed by atoms with Gasteiger partial charge in [0.1, 0.15) is 29.3 Å². The van der Waals surface area contributed by atoms with Gasteiger partial charge in [0.15, 0.2) is 5.65 Å². The van der Waals surface area contributed by atoms with Crippen LogP contribution < -0.4 is 16.2 Å². The first kappa shape index (κ1) is 31.6. The van der Waals surface area contributed by atoms with Crippen LogP contribution in [0.4, 0.5) is 10.6 Å². The Kier molecular flexibility index (Phi) is 9.22. The number of hydrogen-bond acceptors (Lipinski definition) is 8. The minimum Gasteiger partial charge on any atom is -0.457 e. The molecule has 11 heteroatoms. The first-order valence-electron chi connectivity index (χ1n) is 16.8. The molecule has 2 amide bonds. The monoisotopic (exact) mass is 645 g/mol. The minimum absolute atomic E-state index is 0.276. The van der Waals surface area contributed by atoms with E-state index >= 15 is 0 Å². The molecule has 5 aromatic rings. The first-order valence-corrected chi connectivity index (χ1v) is 16.8. The molecule has 2 aromatic heterocycles. The summed E-state index contributed by atoms with van der Waals surface area (Å²) in [7, 11) is 2.21. The van der Waals surface area contributed by atoms with E-state index < -0.39 is 6.03 Å². The van der Waals surface area contributed by atoms with Crippen molar-refractivity contribution in [2.24, 2.45) is 5.73 Å². The Hall–Kier alpha value is -5.00. The van der Waals surface area contributed by atoms with E-state index in [0.717, 1.165) is 85.3 Å². The van der Waals surface area contributed by atoms with E-state index in [1.807, 2.05) is 78.9 Å². The summed E-state index contributed by atoms with van der Waals surface area (Å²) in [5.74, 6) is 1.83. The summed E-state index contributed by atoms with van der Waals surface area (Å²) in [6.07, 6.45) is 5.99. The summed E-state index contributed by atoms with van der Waals surface area (Å²) >= 11 is 0. The summed E-state index contributed by atoms with van der Waals surface area (Å²) in [5.41, 5.74) is 16.6. The van der Waals surface area contributed by atoms with Crippen molar-refractivity contribution in [2.75, 3.05) is 39.0 Å². The summed E-state index contributed by atoms with van der Waals surface area (Å²) in [4.78, 5) is 27.8. The highest BCUT2D eigenvalue weighted by Crippen LogP contribution is 2.37. The van der Waals surface area contributed by atoms with Gasteiger partial charge in [-0.1, -0.05) is 42.5 Å². The normalized spacial score (nSPS) is 18.9. The first-order chi connectivity index (χ1) is 23.4. The molecule has 4 N–H and O–H groups in total. The number of aromatic nitrogens is 4. The van der Waals surface area contributed by atoms with Gasteiger partial charge >= 0.3 is 6.03 Å². The van der Waals surface area contributed by atoms with Gasteiger partial charge in [-0.25, -0.2) is 19.4 Å². The molecule has 11 nitrogen and oxygen atoms in total. The lowest BCUT2D eigenvalue weighted by molar-refractivity contribution is 0.0815. The van der Waals surface area contributed by atoms with Gasteiger partial charge in [-0.15, -0.1) is 0 Å². The number of piperazine rings is 1. The van der Waals surface area contributed by atoms with Gasteiger partial charge in [-0.3, -0.25) is 4.90 Å². The molecule has 3 aromatic carbocycles. The number of nitrogens with zero attached hydrogens (tertiary/aromatic N) is 7. The summed E-state index contributed by atoms with van der Waals surface area (Å²) in [6.45, 7) is 5.45. The van der Waals surface area contributed by atoms with E-state index in [0.29, 0.717) is 36.4 Å². The molecule has 7 rings (SSSR count). The number of amides is 2. The molecule has 1 saturated heterocycles. The van der Waals surface area contributed by atoms with E-state index in [1.54, 1.807) is 4.90 Å². The standard InChI is InChI=1S/C37H43N9O2/c1-43-19-21-44(22-20-43)29-11-13-30(14-12-29)46-36-33(35(38)40-25-41-36)34(42-46)28-9-17-32(18-10-28)48-31-15-7-27(8-16-31)24-45(37(39)47)23-26-5-3-2-4-6-26/h2-10,15-18,25,29-30H,11-14,19-24H2,1H3,(H2,39,47)(H2,38,40,41). The van der Waals surface area contributed by atoms with Crippen LogP contribution in [-0.2, 0) is 13.1 Å². The SMILES string of the molecule is CN1CCN(C2CCC(n3nc(-c4ccc(Oc5ccc(CN(Cc6ccccc6)C(N)=O)cc5)cc4)c4c(N)ncnc43)CC2)CC1. The van der Waals surface area contributed by atoms with Crippen molar-refractivity contribution in [3.8, 4) is 22.8 Å². The van der Waals surface area contributed by atoms with E-state index in [9.17, 15) is 4.79 Å². The third-order valence-electron chi connectivity index (χ3n) is 9.77. The third-order valence-corrected chi connectivity index (χ3v) is 9.77. The van der Waals surface area contributed by atoms with Crippen LogP contribution in [0.5, 0.6) is 11.5 Å². The topological polar surface area (TPSA) is 132 Å². The molecule has 0 radical (unpaired) electrons. The van der Waals surface area contributed by atoms with Crippen LogP contribution in [0, 0.1) is 0 Å². The van der Waals surface area contributed by atoms with Gasteiger partial charge in [0.25, 0.3) is 0 Å². The Labute approximate surface area is 281 Å². The van der Waals surface area contributed by atoms with Gasteiger partial charge in [-0.05, 0) is 80.3 Å². The Bertz CT molecular complexity index is 1830. The number of rotatable bonds is 9. The van der Waals surface area contributed by atoms with Crippen molar-refractivity contribution in [1.29, 1.82) is 0 Å². The number of carbonyl (C=O) groups is 1. The van der Waals surface area contributed by atoms with Crippen LogP contribution >= 0.6 is 0 Å². The molecule has 248 valence electrons. The summed E-state index contributed by atoms with van der Waals surface area (Å²) in [5, 5.41) is 5.91. The quantitative estimate of drug-likeness (QED) is 0.209. The average Bonchev–Trinajstić information content (AvgIpc) is 3.51. The Balaban J connectivity index is 1.02. The van der Waals surface area contributed by atoms with Crippen molar-refractivity contribution in [3.63, 3.8) is 0 Å². The van der Waals surface area contributed by atoms with Gasteiger partial charge in [0.05, 0.1) is 11.4 Å². The fourth-order valence-electron chi connectivity index (χ4n) is 7.02. The van der Waals surface area contributed by atoms with Crippen molar-refractivity contribution < 1.29 is 9.53 Å². The predicted octanol–water partition coefficient (Wildman–Crippen LogP) is 5.68. The molecule has 1 aliphatic carbocycles. The van der Waals surface area contributed by atoms with Crippen molar-refractivity contribution in [3.05, 3.63) is 96.3 Å². The van der Waals surface area contributed by atoms with Crippen LogP contribution in [-0.4, -0.2) is 79.7 Å². The van der Waals surface area contributed by atoms with Gasteiger partial charge in [0, 0.05) is 50.9 Å². The Morgan fingerprint density at radius 1 is 0.812 bits per heavy atom. The highest BCUT2D eigenvalue weighted by Gasteiger charge is 2.30. The molecular weight excluding hydrogens is 602 g/mol. The second-order valence-electron chi connectivity index (χ2n) is 13.0. The molecule has 2 aliphatic rings. The third kappa shape index (κ3) is 6.97. The number of hydrogen-bond donors (Lipinski definition) is 2. The van der Waals surface area contributed by atoms with E-state index in [-0.39, 0.29) is 6.04 Å². The van der Waals surface area contributed by atoms with Crippen LogP contribution in [0.3, 0.4) is 0 Å². The maximum atomic E-state index is 12.1. The lowest BCUT2D eigenvalue weighted by Gasteiger charge is -2.41. The van der Waals surface area contributed by atoms with E-state index in [4.69, 9.17) is 21.3 Å². The molecule has 1 aliphatic heterocycles. The Morgan fingerprint density at radius 3 is 2.06 bits per heavy atom. The average molecular weight is 646 g/mol. The van der Waals surface area contributed by atoms with Crippen molar-refractivity contribution in [1.82, 2.24) is 34.4 Å². The van der Waals surface area contributed by atoms with Gasteiger partial charge < -0.3 is 26.0 Å². The number of ether oxygens (including phenoxy) is 1. The second kappa shape index (κ2) is 14.0. The van der Waals surface area contributed by atoms with Crippen LogP contribution in [0.2, 0.25) is 0 Å². The number of primary amides is 1. The number of anilines is 1. The predicted molar refractivity (Wildman–Crippen MR) is 187 cm³/mol. The largest absolute Gasteiger partial charge is 0.457 e. The van der Waals surface area contributed by atoms with Crippen molar-refractivity contribution in [2.45, 2.75) is 50.9 Å². The number of urea groups is 1. The highest BCUT2D eigenvalue weighted by molar-refractivity contribution is 5.98. The van der Waals surface area contributed by atoms with Crippen LogP contribution in [0.1, 0.15) is 42.9 Å². The second-order valence-corrected chi connectivity index (χ2v) is 13.0. The van der Waals surface area contributed by atoms with Gasteiger partial charge in [0.2, 0.25) is 0 Å². The molecule has 48 heavy (non-hydrogen) atoms. The molecular formula is C37H43N9O2. The van der Waals surface area contributed by atoms with Gasteiger partial charge in [-0.2, -0.15) is 5.10 Å².